The van der Waals surface area contributed by atoms with E-state index in [0.717, 1.165) is 10.7 Å². The molecule has 0 atom stereocenters. The normalized spacial score (nSPS) is 11.2. The maximum Gasteiger partial charge on any atom is 0.232 e. The molecule has 8 heteroatoms. The molecule has 122 valence electrons. The van der Waals surface area contributed by atoms with Crippen LogP contribution in [0.5, 0.6) is 0 Å². The molecule has 5 rings (SSSR count). The van der Waals surface area contributed by atoms with Gasteiger partial charge in [0.25, 0.3) is 0 Å². The fourth-order valence-corrected chi connectivity index (χ4v) is 3.18. The summed E-state index contributed by atoms with van der Waals surface area (Å²) in [7, 11) is 0. The molecular formula is C17H10N4O3S. The number of nitrogens with zero attached hydrogens (tertiary/aromatic N) is 3. The van der Waals surface area contributed by atoms with Crippen molar-refractivity contribution in [1.82, 2.24) is 15.0 Å². The Morgan fingerprint density at radius 3 is 2.52 bits per heavy atom. The van der Waals surface area contributed by atoms with Gasteiger partial charge in [0.1, 0.15) is 17.9 Å². The zero-order valence-corrected chi connectivity index (χ0v) is 13.5. The molecule has 0 spiro atoms. The second-order valence-corrected chi connectivity index (χ2v) is 6.02. The van der Waals surface area contributed by atoms with Crippen LogP contribution in [-0.2, 0) is 0 Å². The van der Waals surface area contributed by atoms with E-state index in [4.69, 9.17) is 13.3 Å². The molecule has 0 radical (unpaired) electrons. The number of fused-ring (bicyclic) bond motifs is 1. The summed E-state index contributed by atoms with van der Waals surface area (Å²) >= 11 is 1.48. The Labute approximate surface area is 145 Å². The summed E-state index contributed by atoms with van der Waals surface area (Å²) in [4.78, 5) is 12.9. The van der Waals surface area contributed by atoms with Crippen LogP contribution in [0.2, 0.25) is 0 Å². The third-order valence-corrected chi connectivity index (χ3v) is 4.35. The number of furan rings is 3. The number of hydrogen-bond acceptors (Lipinski definition) is 8. The molecule has 5 aromatic rings. The molecule has 0 aliphatic heterocycles. The van der Waals surface area contributed by atoms with E-state index >= 15 is 0 Å². The van der Waals surface area contributed by atoms with E-state index in [9.17, 15) is 0 Å². The molecule has 25 heavy (non-hydrogen) atoms. The minimum absolute atomic E-state index is 0.437. The van der Waals surface area contributed by atoms with Gasteiger partial charge in [0.2, 0.25) is 5.71 Å². The van der Waals surface area contributed by atoms with Crippen molar-refractivity contribution < 1.29 is 13.3 Å². The van der Waals surface area contributed by atoms with E-state index < -0.39 is 0 Å². The molecular weight excluding hydrogens is 340 g/mol. The number of rotatable bonds is 4. The lowest BCUT2D eigenvalue weighted by Gasteiger charge is -2.03. The Bertz CT molecular complexity index is 1110. The lowest BCUT2D eigenvalue weighted by molar-refractivity contribution is 0.536. The molecule has 1 N–H and O–H groups in total. The summed E-state index contributed by atoms with van der Waals surface area (Å²) in [5.74, 6) is 2.36. The number of thiazole rings is 1. The summed E-state index contributed by atoms with van der Waals surface area (Å²) in [5, 5.41) is 6.53. The Hall–Kier alpha value is -3.39. The summed E-state index contributed by atoms with van der Waals surface area (Å²) in [5.41, 5.74) is 1.17. The number of anilines is 2. The highest BCUT2D eigenvalue weighted by atomic mass is 32.1. The first-order valence-electron chi connectivity index (χ1n) is 7.42. The second-order valence-electron chi connectivity index (χ2n) is 5.13. The van der Waals surface area contributed by atoms with Gasteiger partial charge in [-0.25, -0.2) is 15.0 Å². The van der Waals surface area contributed by atoms with Crippen molar-refractivity contribution >= 4 is 33.4 Å². The Balaban J connectivity index is 1.80. The van der Waals surface area contributed by atoms with Crippen LogP contribution in [0.1, 0.15) is 0 Å². The summed E-state index contributed by atoms with van der Waals surface area (Å²) in [6.07, 6.45) is 6.37. The average Bonchev–Trinajstić information content (AvgIpc) is 3.39. The third-order valence-electron chi connectivity index (χ3n) is 3.66. The smallest absolute Gasteiger partial charge is 0.232 e. The van der Waals surface area contributed by atoms with Crippen LogP contribution < -0.4 is 5.32 Å². The van der Waals surface area contributed by atoms with Gasteiger partial charge in [0.05, 0.1) is 23.5 Å². The molecule has 0 aliphatic carbocycles. The first-order chi connectivity index (χ1) is 12.4. The van der Waals surface area contributed by atoms with E-state index in [0.29, 0.717) is 34.2 Å². The molecule has 0 amide bonds. The monoisotopic (exact) mass is 350 g/mol. The van der Waals surface area contributed by atoms with Gasteiger partial charge in [0.15, 0.2) is 16.7 Å². The predicted octanol–water partition coefficient (Wildman–Crippen LogP) is 4.94. The Morgan fingerprint density at radius 1 is 0.960 bits per heavy atom. The van der Waals surface area contributed by atoms with Crippen LogP contribution >= 0.6 is 11.3 Å². The van der Waals surface area contributed by atoms with Crippen LogP contribution in [0.4, 0.5) is 10.9 Å². The van der Waals surface area contributed by atoms with Crippen molar-refractivity contribution in [2.45, 2.75) is 0 Å². The van der Waals surface area contributed by atoms with Gasteiger partial charge in [-0.2, -0.15) is 0 Å². The molecule has 0 unspecified atom stereocenters. The molecule has 0 saturated carbocycles. The van der Waals surface area contributed by atoms with E-state index in [1.54, 1.807) is 24.8 Å². The topological polar surface area (TPSA) is 90.1 Å². The minimum Gasteiger partial charge on any atom is -0.464 e. The van der Waals surface area contributed by atoms with Crippen LogP contribution in [0.25, 0.3) is 33.9 Å². The highest BCUT2D eigenvalue weighted by Crippen LogP contribution is 2.43. The van der Waals surface area contributed by atoms with Gasteiger partial charge < -0.3 is 18.6 Å². The van der Waals surface area contributed by atoms with Crippen LogP contribution in [0, 0.1) is 0 Å². The van der Waals surface area contributed by atoms with Crippen molar-refractivity contribution in [2.75, 3.05) is 5.32 Å². The predicted molar refractivity (Wildman–Crippen MR) is 92.6 cm³/mol. The number of aromatic nitrogens is 3. The summed E-state index contributed by atoms with van der Waals surface area (Å²) in [6.45, 7) is 0. The van der Waals surface area contributed by atoms with Gasteiger partial charge in [-0.05, 0) is 24.3 Å². The van der Waals surface area contributed by atoms with E-state index in [-0.39, 0.29) is 0 Å². The maximum absolute atomic E-state index is 5.97. The lowest BCUT2D eigenvalue weighted by atomic mass is 10.1. The number of hydrogen-bond donors (Lipinski definition) is 1. The molecule has 0 fully saturated rings. The van der Waals surface area contributed by atoms with Crippen molar-refractivity contribution in [3.8, 4) is 22.8 Å². The quantitative estimate of drug-likeness (QED) is 0.491. The zero-order chi connectivity index (χ0) is 16.6. The van der Waals surface area contributed by atoms with Crippen molar-refractivity contribution in [3.05, 3.63) is 54.7 Å². The molecule has 5 aromatic heterocycles. The Morgan fingerprint density at radius 2 is 1.80 bits per heavy atom. The molecule has 7 nitrogen and oxygen atoms in total. The van der Waals surface area contributed by atoms with Crippen LogP contribution in [-0.4, -0.2) is 15.0 Å². The Kier molecular flexibility index (Phi) is 3.14. The minimum atomic E-state index is 0.437. The van der Waals surface area contributed by atoms with Gasteiger partial charge >= 0.3 is 0 Å². The highest BCUT2D eigenvalue weighted by Gasteiger charge is 2.25. The summed E-state index contributed by atoms with van der Waals surface area (Å²) in [6, 6.07) is 7.30. The fourth-order valence-electron chi connectivity index (χ4n) is 2.65. The molecule has 0 aromatic carbocycles. The highest BCUT2D eigenvalue weighted by molar-refractivity contribution is 7.13. The first kappa shape index (κ1) is 14.0. The van der Waals surface area contributed by atoms with Gasteiger partial charge in [-0.3, -0.25) is 0 Å². The molecule has 0 saturated heterocycles. The zero-order valence-electron chi connectivity index (χ0n) is 12.7. The van der Waals surface area contributed by atoms with Crippen LogP contribution in [0.3, 0.4) is 0 Å². The summed E-state index contributed by atoms with van der Waals surface area (Å²) < 4.78 is 17.1. The van der Waals surface area contributed by atoms with Crippen molar-refractivity contribution in [1.29, 1.82) is 0 Å². The van der Waals surface area contributed by atoms with Gasteiger partial charge in [-0.15, -0.1) is 11.3 Å². The van der Waals surface area contributed by atoms with Gasteiger partial charge in [-0.1, -0.05) is 0 Å². The SMILES string of the molecule is c1coc(-c2oc3ncnc(Nc4nccs4)c3c2-c2ccco2)c1. The molecule has 0 bridgehead atoms. The standard InChI is InChI=1S/C17H10N4O3S/c1-3-10(22-6-1)12-13-15(21-17-18-5-8-25-17)19-9-20-16(13)24-14(12)11-4-2-7-23-11/h1-9H,(H,18,19,20,21). The lowest BCUT2D eigenvalue weighted by Crippen LogP contribution is -1.94. The van der Waals surface area contributed by atoms with Crippen molar-refractivity contribution in [3.63, 3.8) is 0 Å². The van der Waals surface area contributed by atoms with E-state index in [1.165, 1.54) is 17.7 Å². The molecule has 0 aliphatic rings. The fraction of sp³-hybridized carbons (Fsp3) is 0. The largest absolute Gasteiger partial charge is 0.464 e. The van der Waals surface area contributed by atoms with Crippen LogP contribution in [0.15, 0.2) is 67.9 Å². The third kappa shape index (κ3) is 2.31. The second kappa shape index (κ2) is 5.60. The first-order valence-corrected chi connectivity index (χ1v) is 8.30. The number of nitrogens with one attached hydrogen (secondary N) is 1. The maximum atomic E-state index is 5.97. The molecule has 5 heterocycles. The van der Waals surface area contributed by atoms with Crippen molar-refractivity contribution in [2.24, 2.45) is 0 Å². The van der Waals surface area contributed by atoms with E-state index in [1.807, 2.05) is 23.6 Å². The van der Waals surface area contributed by atoms with Gasteiger partial charge in [0, 0.05) is 11.6 Å². The average molecular weight is 350 g/mol. The van der Waals surface area contributed by atoms with E-state index in [2.05, 4.69) is 20.3 Å².